The lowest BCUT2D eigenvalue weighted by atomic mass is 10.1. The average molecular weight is 322 g/mol. The first-order chi connectivity index (χ1) is 9.51. The molecule has 0 saturated carbocycles. The van der Waals surface area contributed by atoms with E-state index in [4.69, 9.17) is 4.84 Å². The molecule has 0 aliphatic carbocycles. The van der Waals surface area contributed by atoms with Crippen LogP contribution in [0.1, 0.15) is 31.4 Å². The van der Waals surface area contributed by atoms with Crippen LogP contribution >= 0.6 is 0 Å². The molecule has 2 heterocycles. The van der Waals surface area contributed by atoms with Gasteiger partial charge in [-0.25, -0.2) is 8.42 Å². The van der Waals surface area contributed by atoms with Crippen LogP contribution in [0.2, 0.25) is 0 Å². The zero-order chi connectivity index (χ0) is 15.9. The highest BCUT2D eigenvalue weighted by Gasteiger charge is 2.38. The standard InChI is InChI=1S/C12H13F3N2O3S/c1-11(2)5-10(17-20-11)21(18,19)7-8-6-16-4-3-9(8)12(13,14)15/h3-4,6H,5,7H2,1-2H3. The molecule has 1 aliphatic heterocycles. The zero-order valence-corrected chi connectivity index (χ0v) is 12.1. The van der Waals surface area contributed by atoms with Crippen molar-refractivity contribution in [3.05, 3.63) is 29.6 Å². The molecule has 0 unspecified atom stereocenters. The average Bonchev–Trinajstić information content (AvgIpc) is 2.69. The summed E-state index contributed by atoms with van der Waals surface area (Å²) < 4.78 is 62.9. The lowest BCUT2D eigenvalue weighted by Gasteiger charge is -2.14. The largest absolute Gasteiger partial charge is 0.416 e. The highest BCUT2D eigenvalue weighted by Crippen LogP contribution is 2.33. The number of aromatic nitrogens is 1. The van der Waals surface area contributed by atoms with Crippen LogP contribution in [0.3, 0.4) is 0 Å². The number of oxime groups is 1. The first kappa shape index (κ1) is 15.7. The van der Waals surface area contributed by atoms with Crippen LogP contribution in [0, 0.1) is 0 Å². The SMILES string of the molecule is CC1(C)CC(S(=O)(=O)Cc2cnccc2C(F)(F)F)=NO1. The molecule has 1 aliphatic rings. The topological polar surface area (TPSA) is 68.6 Å². The van der Waals surface area contributed by atoms with Gasteiger partial charge >= 0.3 is 6.18 Å². The number of rotatable bonds is 2. The fourth-order valence-corrected chi connectivity index (χ4v) is 3.40. The summed E-state index contributed by atoms with van der Waals surface area (Å²) in [5, 5.41) is 3.23. The van der Waals surface area contributed by atoms with Crippen molar-refractivity contribution < 1.29 is 26.4 Å². The maximum absolute atomic E-state index is 12.8. The summed E-state index contributed by atoms with van der Waals surface area (Å²) in [6.45, 7) is 3.29. The van der Waals surface area contributed by atoms with Gasteiger partial charge in [-0.2, -0.15) is 13.2 Å². The lowest BCUT2D eigenvalue weighted by Crippen LogP contribution is -2.24. The van der Waals surface area contributed by atoms with Crippen molar-refractivity contribution in [3.8, 4) is 0 Å². The molecule has 9 heteroatoms. The van der Waals surface area contributed by atoms with E-state index in [-0.39, 0.29) is 11.5 Å². The third-order valence-electron chi connectivity index (χ3n) is 2.89. The van der Waals surface area contributed by atoms with Crippen molar-refractivity contribution in [1.29, 1.82) is 0 Å². The molecule has 116 valence electrons. The Bertz CT molecular complexity index is 681. The van der Waals surface area contributed by atoms with Gasteiger partial charge in [-0.3, -0.25) is 4.98 Å². The van der Waals surface area contributed by atoms with Crippen LogP contribution in [0.4, 0.5) is 13.2 Å². The maximum Gasteiger partial charge on any atom is 0.416 e. The van der Waals surface area contributed by atoms with Crippen molar-refractivity contribution >= 4 is 14.9 Å². The number of sulfone groups is 1. The number of pyridine rings is 1. The summed E-state index contributed by atoms with van der Waals surface area (Å²) in [5.41, 5.74) is -2.19. The van der Waals surface area contributed by atoms with Gasteiger partial charge in [0, 0.05) is 18.8 Å². The summed E-state index contributed by atoms with van der Waals surface area (Å²) in [6, 6.07) is 0.752. The summed E-state index contributed by atoms with van der Waals surface area (Å²) in [4.78, 5) is 8.51. The monoisotopic (exact) mass is 322 g/mol. The number of hydrogen-bond donors (Lipinski definition) is 0. The van der Waals surface area contributed by atoms with Gasteiger partial charge < -0.3 is 4.84 Å². The smallest absolute Gasteiger partial charge is 0.389 e. The summed E-state index contributed by atoms with van der Waals surface area (Å²) in [6.07, 6.45) is -2.74. The van der Waals surface area contributed by atoms with Crippen LogP contribution in [0.5, 0.6) is 0 Å². The van der Waals surface area contributed by atoms with E-state index in [1.807, 2.05) is 0 Å². The zero-order valence-electron chi connectivity index (χ0n) is 11.3. The molecule has 1 aromatic rings. The van der Waals surface area contributed by atoms with Crippen LogP contribution in [0.15, 0.2) is 23.6 Å². The molecular weight excluding hydrogens is 309 g/mol. The van der Waals surface area contributed by atoms with Crippen molar-refractivity contribution in [2.45, 2.75) is 37.8 Å². The first-order valence-electron chi connectivity index (χ1n) is 5.99. The van der Waals surface area contributed by atoms with E-state index in [2.05, 4.69) is 10.1 Å². The van der Waals surface area contributed by atoms with Gasteiger partial charge in [0.1, 0.15) is 5.60 Å². The quantitative estimate of drug-likeness (QED) is 0.839. The van der Waals surface area contributed by atoms with E-state index in [1.165, 1.54) is 0 Å². The van der Waals surface area contributed by atoms with E-state index in [1.54, 1.807) is 13.8 Å². The Morgan fingerprint density at radius 2 is 2.05 bits per heavy atom. The minimum atomic E-state index is -4.64. The first-order valence-corrected chi connectivity index (χ1v) is 7.64. The molecule has 0 aromatic carbocycles. The van der Waals surface area contributed by atoms with E-state index >= 15 is 0 Å². The van der Waals surface area contributed by atoms with E-state index in [9.17, 15) is 21.6 Å². The van der Waals surface area contributed by atoms with Crippen molar-refractivity contribution in [1.82, 2.24) is 4.98 Å². The van der Waals surface area contributed by atoms with Gasteiger partial charge in [0.05, 0.1) is 11.3 Å². The number of alkyl halides is 3. The van der Waals surface area contributed by atoms with Gasteiger partial charge in [-0.05, 0) is 25.5 Å². The molecule has 0 saturated heterocycles. The molecular formula is C12H13F3N2O3S. The predicted octanol–water partition coefficient (Wildman–Crippen LogP) is 2.53. The molecule has 0 spiro atoms. The third-order valence-corrected chi connectivity index (χ3v) is 4.51. The highest BCUT2D eigenvalue weighted by molar-refractivity contribution is 8.05. The Hall–Kier alpha value is -1.64. The summed E-state index contributed by atoms with van der Waals surface area (Å²) in [5.74, 6) is -0.812. The molecule has 0 N–H and O–H groups in total. The number of hydrogen-bond acceptors (Lipinski definition) is 5. The van der Waals surface area contributed by atoms with E-state index in [0.29, 0.717) is 0 Å². The second-order valence-corrected chi connectivity index (χ2v) is 7.29. The summed E-state index contributed by atoms with van der Waals surface area (Å²) >= 11 is 0. The molecule has 0 amide bonds. The van der Waals surface area contributed by atoms with Gasteiger partial charge in [0.2, 0.25) is 0 Å². The van der Waals surface area contributed by atoms with Gasteiger partial charge in [-0.1, -0.05) is 5.16 Å². The molecule has 5 nitrogen and oxygen atoms in total. The van der Waals surface area contributed by atoms with Crippen LogP contribution in [0.25, 0.3) is 0 Å². The minimum absolute atomic E-state index is 0.0247. The van der Waals surface area contributed by atoms with E-state index in [0.717, 1.165) is 18.5 Å². The van der Waals surface area contributed by atoms with Gasteiger partial charge in [-0.15, -0.1) is 0 Å². The van der Waals surface area contributed by atoms with Crippen LogP contribution in [-0.2, 0) is 26.6 Å². The van der Waals surface area contributed by atoms with Crippen molar-refractivity contribution in [2.75, 3.05) is 0 Å². The van der Waals surface area contributed by atoms with Gasteiger partial charge in [0.15, 0.2) is 14.9 Å². The Morgan fingerprint density at radius 1 is 1.38 bits per heavy atom. The fourth-order valence-electron chi connectivity index (χ4n) is 1.88. The molecule has 0 radical (unpaired) electrons. The normalized spacial score (nSPS) is 18.2. The molecule has 0 bridgehead atoms. The molecule has 2 rings (SSSR count). The second kappa shape index (κ2) is 4.97. The second-order valence-electron chi connectivity index (χ2n) is 5.30. The molecule has 0 fully saturated rings. The predicted molar refractivity (Wildman–Crippen MR) is 69.1 cm³/mol. The van der Waals surface area contributed by atoms with Crippen LogP contribution < -0.4 is 0 Å². The number of halogens is 3. The third kappa shape index (κ3) is 3.52. The highest BCUT2D eigenvalue weighted by atomic mass is 32.2. The fraction of sp³-hybridized carbons (Fsp3) is 0.500. The van der Waals surface area contributed by atoms with Crippen molar-refractivity contribution in [3.63, 3.8) is 0 Å². The molecule has 0 atom stereocenters. The lowest BCUT2D eigenvalue weighted by molar-refractivity contribution is -0.138. The van der Waals surface area contributed by atoms with Crippen molar-refractivity contribution in [2.24, 2.45) is 5.16 Å². The van der Waals surface area contributed by atoms with Crippen LogP contribution in [-0.4, -0.2) is 24.0 Å². The Balaban J connectivity index is 2.31. The molecule has 21 heavy (non-hydrogen) atoms. The number of nitrogens with zero attached hydrogens (tertiary/aromatic N) is 2. The Kier molecular flexibility index (Phi) is 3.73. The van der Waals surface area contributed by atoms with E-state index < -0.39 is 38.5 Å². The minimum Gasteiger partial charge on any atom is -0.389 e. The maximum atomic E-state index is 12.8. The Labute approximate surface area is 119 Å². The Morgan fingerprint density at radius 3 is 2.57 bits per heavy atom. The van der Waals surface area contributed by atoms with Gasteiger partial charge in [0.25, 0.3) is 0 Å². The molecule has 1 aromatic heterocycles. The summed E-state index contributed by atoms with van der Waals surface area (Å²) in [7, 11) is -3.98.